The fourth-order valence-electron chi connectivity index (χ4n) is 3.38. The van der Waals surface area contributed by atoms with Crippen LogP contribution in [0, 0.1) is 5.82 Å². The van der Waals surface area contributed by atoms with E-state index in [9.17, 15) is 14.3 Å². The maximum absolute atomic E-state index is 13.2. The van der Waals surface area contributed by atoms with Crippen molar-refractivity contribution in [3.05, 3.63) is 65.2 Å². The lowest BCUT2D eigenvalue weighted by Gasteiger charge is -2.34. The van der Waals surface area contributed by atoms with Gasteiger partial charge in [0, 0.05) is 0 Å². The van der Waals surface area contributed by atoms with Crippen LogP contribution in [-0.4, -0.2) is 22.6 Å². The Morgan fingerprint density at radius 2 is 1.73 bits per heavy atom. The summed E-state index contributed by atoms with van der Waals surface area (Å²) in [6.45, 7) is 7.18. The van der Waals surface area contributed by atoms with E-state index in [2.05, 4.69) is 0 Å². The van der Waals surface area contributed by atoms with Crippen molar-refractivity contribution in [2.75, 3.05) is 0 Å². The quantitative estimate of drug-likeness (QED) is 0.835. The minimum Gasteiger partial charge on any atom is -0.509 e. The van der Waals surface area contributed by atoms with Gasteiger partial charge in [-0.2, -0.15) is 0 Å². The normalized spacial score (nSPS) is 19.7. The molecule has 2 aromatic carbocycles. The van der Waals surface area contributed by atoms with Crippen LogP contribution in [0.3, 0.4) is 0 Å². The number of hydrogen-bond acceptors (Lipinski definition) is 3. The molecule has 0 amide bonds. The Balaban J connectivity index is 2.12. The van der Waals surface area contributed by atoms with Crippen LogP contribution in [0.5, 0.6) is 0 Å². The molecule has 2 aromatic rings. The Morgan fingerprint density at radius 3 is 2.35 bits per heavy atom. The Morgan fingerprint density at radius 1 is 1.12 bits per heavy atom. The lowest BCUT2D eigenvalue weighted by atomic mass is 9.83. The van der Waals surface area contributed by atoms with E-state index >= 15 is 0 Å². The Kier molecular flexibility index (Phi) is 4.72. The van der Waals surface area contributed by atoms with Crippen molar-refractivity contribution in [1.82, 2.24) is 0 Å². The molecule has 1 heterocycles. The first-order valence-electron chi connectivity index (χ1n) is 8.79. The number of ether oxygens (including phenoxy) is 1. The summed E-state index contributed by atoms with van der Waals surface area (Å²) in [5.74, 6) is -0.531. The van der Waals surface area contributed by atoms with Crippen LogP contribution >= 0.6 is 0 Å². The molecule has 4 heteroatoms. The van der Waals surface area contributed by atoms with E-state index < -0.39 is 11.7 Å². The highest BCUT2D eigenvalue weighted by atomic mass is 19.1. The third kappa shape index (κ3) is 3.17. The molecule has 1 unspecified atom stereocenters. The van der Waals surface area contributed by atoms with Gasteiger partial charge in [-0.3, -0.25) is 4.79 Å². The molecule has 0 radical (unpaired) electrons. The lowest BCUT2D eigenvalue weighted by Crippen LogP contribution is -2.44. The van der Waals surface area contributed by atoms with Crippen molar-refractivity contribution in [1.29, 1.82) is 0 Å². The molecule has 1 aliphatic rings. The molecule has 1 atom stereocenters. The SMILES string of the molecule is CCc1cc(-c2ccc(F)cc2)ccc1C1=C(O)C(C)OC(C)(C)C1=O. The van der Waals surface area contributed by atoms with Crippen LogP contribution in [-0.2, 0) is 16.0 Å². The maximum atomic E-state index is 13.2. The van der Waals surface area contributed by atoms with Gasteiger partial charge in [-0.15, -0.1) is 0 Å². The van der Waals surface area contributed by atoms with E-state index in [-0.39, 0.29) is 17.4 Å². The van der Waals surface area contributed by atoms with Gasteiger partial charge in [0.1, 0.15) is 23.3 Å². The molecule has 0 saturated heterocycles. The molecule has 1 aliphatic heterocycles. The van der Waals surface area contributed by atoms with Gasteiger partial charge in [-0.05, 0) is 61.6 Å². The van der Waals surface area contributed by atoms with E-state index in [1.165, 1.54) is 12.1 Å². The number of hydrogen-bond donors (Lipinski definition) is 1. The summed E-state index contributed by atoms with van der Waals surface area (Å²) in [4.78, 5) is 12.9. The van der Waals surface area contributed by atoms with E-state index in [4.69, 9.17) is 4.74 Å². The van der Waals surface area contributed by atoms with Gasteiger partial charge in [0.2, 0.25) is 0 Å². The zero-order valence-electron chi connectivity index (χ0n) is 15.5. The zero-order valence-corrected chi connectivity index (χ0v) is 15.5. The molecule has 26 heavy (non-hydrogen) atoms. The number of aryl methyl sites for hydroxylation is 1. The van der Waals surface area contributed by atoms with Gasteiger partial charge in [0.05, 0.1) is 5.57 Å². The lowest BCUT2D eigenvalue weighted by molar-refractivity contribution is -0.142. The summed E-state index contributed by atoms with van der Waals surface area (Å²) >= 11 is 0. The fraction of sp³-hybridized carbons (Fsp3) is 0.318. The molecule has 3 rings (SSSR count). The van der Waals surface area contributed by atoms with Gasteiger partial charge in [0.15, 0.2) is 5.78 Å². The molecule has 0 saturated carbocycles. The van der Waals surface area contributed by atoms with Crippen LogP contribution in [0.1, 0.15) is 38.8 Å². The third-order valence-corrected chi connectivity index (χ3v) is 4.82. The summed E-state index contributed by atoms with van der Waals surface area (Å²) in [7, 11) is 0. The van der Waals surface area contributed by atoms with E-state index in [1.807, 2.05) is 25.1 Å². The van der Waals surface area contributed by atoms with Crippen molar-refractivity contribution in [3.8, 4) is 11.1 Å². The molecule has 136 valence electrons. The van der Waals surface area contributed by atoms with Gasteiger partial charge in [0.25, 0.3) is 0 Å². The predicted octanol–water partition coefficient (Wildman–Crippen LogP) is 5.09. The van der Waals surface area contributed by atoms with Crippen molar-refractivity contribution in [2.45, 2.75) is 45.8 Å². The number of aliphatic hydroxyl groups excluding tert-OH is 1. The van der Waals surface area contributed by atoms with E-state index in [0.29, 0.717) is 12.0 Å². The second kappa shape index (κ2) is 6.69. The minimum atomic E-state index is -0.985. The van der Waals surface area contributed by atoms with Crippen LogP contribution < -0.4 is 0 Å². The number of benzene rings is 2. The Hall–Kier alpha value is -2.46. The molecule has 0 aromatic heterocycles. The maximum Gasteiger partial charge on any atom is 0.198 e. The topological polar surface area (TPSA) is 46.5 Å². The number of ketones is 1. The monoisotopic (exact) mass is 354 g/mol. The third-order valence-electron chi connectivity index (χ3n) is 4.82. The minimum absolute atomic E-state index is 0.0291. The molecule has 3 nitrogen and oxygen atoms in total. The van der Waals surface area contributed by atoms with Crippen molar-refractivity contribution in [3.63, 3.8) is 0 Å². The molecule has 0 spiro atoms. The van der Waals surface area contributed by atoms with Crippen LogP contribution in [0.25, 0.3) is 16.7 Å². The van der Waals surface area contributed by atoms with E-state index in [0.717, 1.165) is 22.3 Å². The van der Waals surface area contributed by atoms with Crippen molar-refractivity contribution < 1.29 is 19.0 Å². The summed E-state index contributed by atoms with van der Waals surface area (Å²) in [5.41, 5.74) is 2.86. The zero-order chi connectivity index (χ0) is 19.1. The first kappa shape index (κ1) is 18.3. The fourth-order valence-corrected chi connectivity index (χ4v) is 3.38. The molecule has 0 bridgehead atoms. The number of carbonyl (C=O) groups excluding carboxylic acids is 1. The molecular weight excluding hydrogens is 331 g/mol. The van der Waals surface area contributed by atoms with E-state index in [1.54, 1.807) is 32.9 Å². The number of carbonyl (C=O) groups is 1. The number of halogens is 1. The van der Waals surface area contributed by atoms with Gasteiger partial charge < -0.3 is 9.84 Å². The summed E-state index contributed by atoms with van der Waals surface area (Å²) in [6, 6.07) is 12.0. The standard InChI is InChI=1S/C22H23FO3/c1-5-14-12-16(15-6-9-17(23)10-7-15)8-11-18(14)19-20(24)13(2)26-22(3,4)21(19)25/h6-13,24H,5H2,1-4H3. The first-order chi connectivity index (χ1) is 12.2. The highest BCUT2D eigenvalue weighted by Crippen LogP contribution is 2.37. The highest BCUT2D eigenvalue weighted by molar-refractivity contribution is 6.26. The summed E-state index contributed by atoms with van der Waals surface area (Å²) in [5, 5.41) is 10.5. The average molecular weight is 354 g/mol. The average Bonchev–Trinajstić information content (AvgIpc) is 2.61. The molecule has 1 N–H and O–H groups in total. The molecule has 0 aliphatic carbocycles. The van der Waals surface area contributed by atoms with Gasteiger partial charge in [-0.1, -0.05) is 37.3 Å². The van der Waals surface area contributed by atoms with Crippen LogP contribution in [0.4, 0.5) is 4.39 Å². The number of rotatable bonds is 3. The Labute approximate surface area is 153 Å². The predicted molar refractivity (Wildman–Crippen MR) is 100 cm³/mol. The smallest absolute Gasteiger partial charge is 0.198 e. The summed E-state index contributed by atoms with van der Waals surface area (Å²) < 4.78 is 18.8. The summed E-state index contributed by atoms with van der Waals surface area (Å²) in [6.07, 6.45) is 0.156. The largest absolute Gasteiger partial charge is 0.509 e. The van der Waals surface area contributed by atoms with Crippen molar-refractivity contribution in [2.24, 2.45) is 0 Å². The van der Waals surface area contributed by atoms with Crippen LogP contribution in [0.2, 0.25) is 0 Å². The Bertz CT molecular complexity index is 879. The number of aliphatic hydroxyl groups is 1. The van der Waals surface area contributed by atoms with Crippen LogP contribution in [0.15, 0.2) is 48.2 Å². The second-order valence-corrected chi connectivity index (χ2v) is 7.09. The number of Topliss-reactive ketones (excluding diaryl/α,β-unsaturated/α-hetero) is 1. The molecule has 0 fully saturated rings. The highest BCUT2D eigenvalue weighted by Gasteiger charge is 2.41. The van der Waals surface area contributed by atoms with Gasteiger partial charge >= 0.3 is 0 Å². The second-order valence-electron chi connectivity index (χ2n) is 7.09. The molecular formula is C22H23FO3. The van der Waals surface area contributed by atoms with Crippen molar-refractivity contribution >= 4 is 11.4 Å². The first-order valence-corrected chi connectivity index (χ1v) is 8.79. The van der Waals surface area contributed by atoms with Gasteiger partial charge in [-0.25, -0.2) is 4.39 Å².